The normalized spacial score (nSPS) is 9.90. The summed E-state index contributed by atoms with van der Waals surface area (Å²) in [5.74, 6) is 0. The van der Waals surface area contributed by atoms with Gasteiger partial charge in [-0.1, -0.05) is 23.2 Å². The molecule has 0 saturated carbocycles. The van der Waals surface area contributed by atoms with Crippen LogP contribution in [0.1, 0.15) is 0 Å². The molecule has 0 radical (unpaired) electrons. The standard InChI is InChI=1S/C4HCl3N2O/c5-2-1-8-9(7)4(10)3(2)6/h1H. The van der Waals surface area contributed by atoms with Gasteiger partial charge in [-0.2, -0.15) is 5.10 Å². The molecule has 1 heterocycles. The van der Waals surface area contributed by atoms with Gasteiger partial charge in [-0.15, -0.1) is 4.20 Å². The Morgan fingerprint density at radius 3 is 2.60 bits per heavy atom. The first-order valence-electron chi connectivity index (χ1n) is 2.22. The van der Waals surface area contributed by atoms with Crippen LogP contribution in [-0.4, -0.2) is 9.30 Å². The van der Waals surface area contributed by atoms with E-state index < -0.39 is 5.56 Å². The van der Waals surface area contributed by atoms with E-state index in [4.69, 9.17) is 35.0 Å². The summed E-state index contributed by atoms with van der Waals surface area (Å²) < 4.78 is 0.591. The maximum absolute atomic E-state index is 10.7. The molecule has 1 rings (SSSR count). The minimum absolute atomic E-state index is 0.101. The molecule has 0 aliphatic rings. The Kier molecular flexibility index (Phi) is 2.18. The molecule has 54 valence electrons. The fourth-order valence-electron chi connectivity index (χ4n) is 0.394. The summed E-state index contributed by atoms with van der Waals surface area (Å²) in [7, 11) is 0. The molecule has 0 unspecified atom stereocenters. The Balaban J connectivity index is 3.50. The van der Waals surface area contributed by atoms with Crippen LogP contribution in [0.25, 0.3) is 0 Å². The molecule has 0 N–H and O–H groups in total. The van der Waals surface area contributed by atoms with Crippen LogP contribution in [0.15, 0.2) is 11.0 Å². The van der Waals surface area contributed by atoms with Crippen molar-refractivity contribution in [3.63, 3.8) is 0 Å². The second-order valence-electron chi connectivity index (χ2n) is 1.47. The van der Waals surface area contributed by atoms with E-state index in [1.807, 2.05) is 0 Å². The number of hydrogen-bond donors (Lipinski definition) is 0. The van der Waals surface area contributed by atoms with Crippen molar-refractivity contribution >= 4 is 35.0 Å². The molecule has 0 bridgehead atoms. The zero-order valence-electron chi connectivity index (χ0n) is 4.51. The van der Waals surface area contributed by atoms with Crippen molar-refractivity contribution in [1.82, 2.24) is 9.30 Å². The largest absolute Gasteiger partial charge is 0.302 e. The van der Waals surface area contributed by atoms with Crippen LogP contribution in [0.2, 0.25) is 10.0 Å². The monoisotopic (exact) mass is 198 g/mol. The Morgan fingerprint density at radius 1 is 1.50 bits per heavy atom. The summed E-state index contributed by atoms with van der Waals surface area (Å²) in [4.78, 5) is 10.7. The van der Waals surface area contributed by atoms with Crippen molar-refractivity contribution in [3.05, 3.63) is 26.6 Å². The molecule has 10 heavy (non-hydrogen) atoms. The third-order valence-corrected chi connectivity index (χ3v) is 1.83. The van der Waals surface area contributed by atoms with Crippen LogP contribution in [0.3, 0.4) is 0 Å². The highest BCUT2D eigenvalue weighted by Gasteiger charge is 2.04. The van der Waals surface area contributed by atoms with E-state index in [1.165, 1.54) is 6.20 Å². The summed E-state index contributed by atoms with van der Waals surface area (Å²) in [6, 6.07) is 0. The SMILES string of the molecule is O=c1c(Cl)c(Cl)cnn1Cl. The van der Waals surface area contributed by atoms with Crippen LogP contribution in [0, 0.1) is 0 Å². The zero-order chi connectivity index (χ0) is 7.72. The van der Waals surface area contributed by atoms with E-state index in [0.717, 1.165) is 0 Å². The van der Waals surface area contributed by atoms with Gasteiger partial charge in [-0.25, -0.2) is 0 Å². The maximum Gasteiger partial charge on any atom is 0.302 e. The molecule has 1 aromatic rings. The van der Waals surface area contributed by atoms with Gasteiger partial charge in [-0.05, 0) is 0 Å². The number of halogens is 3. The average Bonchev–Trinajstić information content (AvgIpc) is 1.93. The fourth-order valence-corrected chi connectivity index (χ4v) is 0.818. The van der Waals surface area contributed by atoms with Crippen LogP contribution in [0.4, 0.5) is 0 Å². The summed E-state index contributed by atoms with van der Waals surface area (Å²) in [6.45, 7) is 0. The van der Waals surface area contributed by atoms with Crippen molar-refractivity contribution in [2.75, 3.05) is 0 Å². The first-order valence-corrected chi connectivity index (χ1v) is 3.32. The van der Waals surface area contributed by atoms with E-state index in [0.29, 0.717) is 4.20 Å². The van der Waals surface area contributed by atoms with Gasteiger partial charge in [0, 0.05) is 11.8 Å². The highest BCUT2D eigenvalue weighted by molar-refractivity contribution is 6.41. The molecule has 0 aromatic carbocycles. The van der Waals surface area contributed by atoms with Crippen molar-refractivity contribution in [3.8, 4) is 0 Å². The van der Waals surface area contributed by atoms with Gasteiger partial charge in [0.25, 0.3) is 0 Å². The summed E-state index contributed by atoms with van der Waals surface area (Å²) in [5, 5.41) is 3.37. The Morgan fingerprint density at radius 2 is 2.10 bits per heavy atom. The minimum Gasteiger partial charge on any atom is -0.265 e. The van der Waals surface area contributed by atoms with Crippen LogP contribution in [0.5, 0.6) is 0 Å². The lowest BCUT2D eigenvalue weighted by atomic mass is 10.6. The number of rotatable bonds is 0. The van der Waals surface area contributed by atoms with E-state index in [9.17, 15) is 4.79 Å². The predicted octanol–water partition coefficient (Wildman–Crippen LogP) is 1.55. The van der Waals surface area contributed by atoms with Gasteiger partial charge < -0.3 is 0 Å². The van der Waals surface area contributed by atoms with Gasteiger partial charge in [0.1, 0.15) is 5.02 Å². The quantitative estimate of drug-likeness (QED) is 0.635. The van der Waals surface area contributed by atoms with Crippen molar-refractivity contribution in [2.45, 2.75) is 0 Å². The minimum atomic E-state index is -0.615. The Labute approximate surface area is 71.2 Å². The molecule has 0 fully saturated rings. The molecule has 0 aliphatic heterocycles. The van der Waals surface area contributed by atoms with E-state index in [-0.39, 0.29) is 10.0 Å². The van der Waals surface area contributed by atoms with Gasteiger partial charge in [0.2, 0.25) is 0 Å². The lowest BCUT2D eigenvalue weighted by Crippen LogP contribution is -2.15. The smallest absolute Gasteiger partial charge is 0.265 e. The first-order chi connectivity index (χ1) is 4.63. The first kappa shape index (κ1) is 7.85. The summed E-state index contributed by atoms with van der Waals surface area (Å²) in [6.07, 6.45) is 1.19. The lowest BCUT2D eigenvalue weighted by molar-refractivity contribution is 0.903. The average molecular weight is 199 g/mol. The van der Waals surface area contributed by atoms with Crippen LogP contribution >= 0.6 is 35.0 Å². The van der Waals surface area contributed by atoms with Crippen LogP contribution < -0.4 is 5.56 Å². The molecule has 3 nitrogen and oxygen atoms in total. The second-order valence-corrected chi connectivity index (χ2v) is 2.58. The molecule has 0 aliphatic carbocycles. The van der Waals surface area contributed by atoms with Gasteiger partial charge in [-0.3, -0.25) is 4.79 Å². The third kappa shape index (κ3) is 1.26. The van der Waals surface area contributed by atoms with Gasteiger partial charge in [0.05, 0.1) is 11.2 Å². The van der Waals surface area contributed by atoms with E-state index in [2.05, 4.69) is 5.10 Å². The molecule has 1 aromatic heterocycles. The molecule has 0 atom stereocenters. The highest BCUT2D eigenvalue weighted by Crippen LogP contribution is 2.14. The van der Waals surface area contributed by atoms with Crippen LogP contribution in [-0.2, 0) is 0 Å². The summed E-state index contributed by atoms with van der Waals surface area (Å²) in [5.41, 5.74) is -0.615. The molecule has 0 spiro atoms. The fraction of sp³-hybridized carbons (Fsp3) is 0. The number of aromatic nitrogens is 2. The predicted molar refractivity (Wildman–Crippen MR) is 39.8 cm³/mol. The van der Waals surface area contributed by atoms with Gasteiger partial charge in [0.15, 0.2) is 0 Å². The maximum atomic E-state index is 10.7. The lowest BCUT2D eigenvalue weighted by Gasteiger charge is -1.93. The molecule has 0 amide bonds. The Bertz CT molecular complexity index is 308. The highest BCUT2D eigenvalue weighted by atomic mass is 35.5. The van der Waals surface area contributed by atoms with E-state index in [1.54, 1.807) is 0 Å². The molecular weight excluding hydrogens is 198 g/mol. The number of hydrogen-bond acceptors (Lipinski definition) is 2. The van der Waals surface area contributed by atoms with Crippen molar-refractivity contribution in [2.24, 2.45) is 0 Å². The summed E-state index contributed by atoms with van der Waals surface area (Å²) >= 11 is 16.0. The Hall–Kier alpha value is -0.250. The number of nitrogens with zero attached hydrogens (tertiary/aromatic N) is 2. The third-order valence-electron chi connectivity index (χ3n) is 0.837. The topological polar surface area (TPSA) is 34.9 Å². The second kappa shape index (κ2) is 2.78. The molecule has 0 saturated heterocycles. The molecule has 6 heteroatoms. The van der Waals surface area contributed by atoms with Crippen molar-refractivity contribution in [1.29, 1.82) is 0 Å². The van der Waals surface area contributed by atoms with Gasteiger partial charge >= 0.3 is 5.56 Å². The van der Waals surface area contributed by atoms with Crippen molar-refractivity contribution < 1.29 is 0 Å². The van der Waals surface area contributed by atoms with E-state index >= 15 is 0 Å². The zero-order valence-corrected chi connectivity index (χ0v) is 6.78. The molecular formula is C4HCl3N2O.